The van der Waals surface area contributed by atoms with Crippen LogP contribution in [0.25, 0.3) is 0 Å². The first kappa shape index (κ1) is 14.8. The maximum Gasteiger partial charge on any atom is 0.0372 e. The Morgan fingerprint density at radius 1 is 0.950 bits per heavy atom. The first-order valence-electron chi connectivity index (χ1n) is 7.31. The Labute approximate surface area is 123 Å². The van der Waals surface area contributed by atoms with E-state index in [0.717, 1.165) is 6.54 Å². The number of hydrogen-bond donors (Lipinski definition) is 1. The van der Waals surface area contributed by atoms with Crippen LogP contribution in [0.1, 0.15) is 43.5 Å². The Bertz CT molecular complexity index is 537. The summed E-state index contributed by atoms with van der Waals surface area (Å²) in [6.45, 7) is 9.90. The van der Waals surface area contributed by atoms with Gasteiger partial charge < -0.3 is 5.32 Å². The van der Waals surface area contributed by atoms with E-state index >= 15 is 0 Å². The molecule has 2 rings (SSSR count). The number of nitrogens with one attached hydrogen (secondary N) is 1. The van der Waals surface area contributed by atoms with Crippen LogP contribution in [-0.2, 0) is 6.54 Å². The van der Waals surface area contributed by atoms with E-state index in [1.807, 2.05) is 0 Å². The van der Waals surface area contributed by atoms with Gasteiger partial charge in [-0.15, -0.1) is 0 Å². The topological polar surface area (TPSA) is 12.0 Å². The molecule has 1 heteroatoms. The molecule has 0 aliphatic heterocycles. The number of aryl methyl sites for hydroxylation is 1. The number of rotatable bonds is 4. The maximum absolute atomic E-state index is 3.72. The Hall–Kier alpha value is -1.60. The van der Waals surface area contributed by atoms with Gasteiger partial charge in [0, 0.05) is 12.6 Å². The summed E-state index contributed by atoms with van der Waals surface area (Å²) in [5.74, 6) is 0. The highest BCUT2D eigenvalue weighted by molar-refractivity contribution is 5.24. The summed E-state index contributed by atoms with van der Waals surface area (Å²) in [4.78, 5) is 0. The summed E-state index contributed by atoms with van der Waals surface area (Å²) >= 11 is 0. The summed E-state index contributed by atoms with van der Waals surface area (Å²) in [5.41, 5.74) is 4.20. The maximum atomic E-state index is 3.72. The van der Waals surface area contributed by atoms with Crippen LogP contribution in [0.5, 0.6) is 0 Å². The first-order valence-corrected chi connectivity index (χ1v) is 7.31. The van der Waals surface area contributed by atoms with Crippen LogP contribution in [0, 0.1) is 12.3 Å². The van der Waals surface area contributed by atoms with Gasteiger partial charge in [0.05, 0.1) is 0 Å². The third-order valence-electron chi connectivity index (χ3n) is 3.59. The molecule has 0 aliphatic rings. The molecule has 1 N–H and O–H groups in total. The van der Waals surface area contributed by atoms with Crippen LogP contribution in [-0.4, -0.2) is 0 Å². The molecule has 0 bridgehead atoms. The lowest BCUT2D eigenvalue weighted by Crippen LogP contribution is -2.32. The van der Waals surface area contributed by atoms with Crippen molar-refractivity contribution >= 4 is 0 Å². The molecule has 0 spiro atoms. The predicted molar refractivity (Wildman–Crippen MR) is 86.7 cm³/mol. The van der Waals surface area contributed by atoms with E-state index in [4.69, 9.17) is 0 Å². The van der Waals surface area contributed by atoms with Crippen molar-refractivity contribution in [2.75, 3.05) is 0 Å². The summed E-state index contributed by atoms with van der Waals surface area (Å²) in [5, 5.41) is 3.72. The lowest BCUT2D eigenvalue weighted by atomic mass is 9.82. The van der Waals surface area contributed by atoms with Gasteiger partial charge in [-0.3, -0.25) is 0 Å². The van der Waals surface area contributed by atoms with Gasteiger partial charge in [-0.1, -0.05) is 80.9 Å². The Balaban J connectivity index is 2.14. The lowest BCUT2D eigenvalue weighted by Gasteiger charge is -2.32. The molecule has 20 heavy (non-hydrogen) atoms. The molecular formula is C19H25N. The van der Waals surface area contributed by atoms with Gasteiger partial charge in [0.25, 0.3) is 0 Å². The molecular weight excluding hydrogens is 242 g/mol. The second kappa shape index (κ2) is 6.23. The molecule has 1 nitrogen and oxygen atoms in total. The van der Waals surface area contributed by atoms with Crippen molar-refractivity contribution in [2.24, 2.45) is 5.41 Å². The summed E-state index contributed by atoms with van der Waals surface area (Å²) < 4.78 is 0. The van der Waals surface area contributed by atoms with E-state index in [0.29, 0.717) is 6.04 Å². The fraction of sp³-hybridized carbons (Fsp3) is 0.368. The molecule has 0 fully saturated rings. The van der Waals surface area contributed by atoms with Gasteiger partial charge in [-0.25, -0.2) is 0 Å². The zero-order valence-corrected chi connectivity index (χ0v) is 13.0. The number of benzene rings is 2. The Morgan fingerprint density at radius 2 is 1.65 bits per heavy atom. The van der Waals surface area contributed by atoms with Crippen LogP contribution in [0.3, 0.4) is 0 Å². The minimum Gasteiger partial charge on any atom is -0.305 e. The van der Waals surface area contributed by atoms with Crippen molar-refractivity contribution in [1.82, 2.24) is 5.32 Å². The molecule has 0 aromatic heterocycles. The summed E-state index contributed by atoms with van der Waals surface area (Å²) in [7, 11) is 0. The van der Waals surface area contributed by atoms with Gasteiger partial charge in [-0.05, 0) is 23.5 Å². The van der Waals surface area contributed by atoms with Crippen molar-refractivity contribution in [3.05, 3.63) is 71.3 Å². The molecule has 1 unspecified atom stereocenters. The van der Waals surface area contributed by atoms with E-state index in [9.17, 15) is 0 Å². The van der Waals surface area contributed by atoms with Crippen molar-refractivity contribution in [3.63, 3.8) is 0 Å². The quantitative estimate of drug-likeness (QED) is 0.833. The smallest absolute Gasteiger partial charge is 0.0372 e. The molecule has 0 saturated carbocycles. The van der Waals surface area contributed by atoms with Crippen molar-refractivity contribution in [1.29, 1.82) is 0 Å². The third-order valence-corrected chi connectivity index (χ3v) is 3.59. The van der Waals surface area contributed by atoms with E-state index < -0.39 is 0 Å². The molecule has 0 aliphatic carbocycles. The summed E-state index contributed by atoms with van der Waals surface area (Å²) in [6.07, 6.45) is 0. The lowest BCUT2D eigenvalue weighted by molar-refractivity contribution is 0.271. The van der Waals surface area contributed by atoms with Gasteiger partial charge in [0.2, 0.25) is 0 Å². The molecule has 1 atom stereocenters. The van der Waals surface area contributed by atoms with E-state index in [1.54, 1.807) is 0 Å². The average Bonchev–Trinajstić information content (AvgIpc) is 2.39. The molecule has 0 saturated heterocycles. The van der Waals surface area contributed by atoms with Crippen LogP contribution in [0.4, 0.5) is 0 Å². The van der Waals surface area contributed by atoms with Gasteiger partial charge in [0.15, 0.2) is 0 Å². The molecule has 0 amide bonds. The second-order valence-electron chi connectivity index (χ2n) is 6.58. The minimum atomic E-state index is 0.186. The normalized spacial score (nSPS) is 13.2. The molecule has 2 aromatic rings. The highest BCUT2D eigenvalue weighted by Crippen LogP contribution is 2.32. The SMILES string of the molecule is Cc1cccc(CNC(c2ccccc2)C(C)(C)C)c1. The summed E-state index contributed by atoms with van der Waals surface area (Å²) in [6, 6.07) is 19.8. The van der Waals surface area contributed by atoms with Crippen LogP contribution < -0.4 is 5.32 Å². The predicted octanol–water partition coefficient (Wildman–Crippen LogP) is 4.87. The average molecular weight is 267 g/mol. The fourth-order valence-corrected chi connectivity index (χ4v) is 2.61. The second-order valence-corrected chi connectivity index (χ2v) is 6.58. The van der Waals surface area contributed by atoms with Crippen LogP contribution >= 0.6 is 0 Å². The molecule has 106 valence electrons. The first-order chi connectivity index (χ1) is 9.47. The van der Waals surface area contributed by atoms with E-state index in [1.165, 1.54) is 16.7 Å². The number of hydrogen-bond acceptors (Lipinski definition) is 1. The Kier molecular flexibility index (Phi) is 4.61. The van der Waals surface area contributed by atoms with E-state index in [2.05, 4.69) is 87.6 Å². The van der Waals surface area contributed by atoms with Crippen LogP contribution in [0.15, 0.2) is 54.6 Å². The Morgan fingerprint density at radius 3 is 2.25 bits per heavy atom. The molecule has 0 heterocycles. The van der Waals surface area contributed by atoms with E-state index in [-0.39, 0.29) is 5.41 Å². The zero-order valence-electron chi connectivity index (χ0n) is 13.0. The molecule has 2 aromatic carbocycles. The standard InChI is InChI=1S/C19H25N/c1-15-9-8-10-16(13-15)14-20-18(19(2,3)4)17-11-6-5-7-12-17/h5-13,18,20H,14H2,1-4H3. The van der Waals surface area contributed by atoms with Gasteiger partial charge in [-0.2, -0.15) is 0 Å². The van der Waals surface area contributed by atoms with Gasteiger partial charge >= 0.3 is 0 Å². The molecule has 0 radical (unpaired) electrons. The fourth-order valence-electron chi connectivity index (χ4n) is 2.61. The zero-order chi connectivity index (χ0) is 14.6. The monoisotopic (exact) mass is 267 g/mol. The highest BCUT2D eigenvalue weighted by atomic mass is 14.9. The highest BCUT2D eigenvalue weighted by Gasteiger charge is 2.25. The van der Waals surface area contributed by atoms with Crippen molar-refractivity contribution < 1.29 is 0 Å². The van der Waals surface area contributed by atoms with Crippen molar-refractivity contribution in [2.45, 2.75) is 40.3 Å². The van der Waals surface area contributed by atoms with Crippen molar-refractivity contribution in [3.8, 4) is 0 Å². The minimum absolute atomic E-state index is 0.186. The largest absolute Gasteiger partial charge is 0.305 e. The van der Waals surface area contributed by atoms with Crippen LogP contribution in [0.2, 0.25) is 0 Å². The van der Waals surface area contributed by atoms with Gasteiger partial charge in [0.1, 0.15) is 0 Å². The third kappa shape index (κ3) is 3.94.